The van der Waals surface area contributed by atoms with Crippen LogP contribution in [0.15, 0.2) is 27.8 Å². The number of ether oxygens (including phenoxy) is 1. The fraction of sp³-hybridized carbons (Fsp3) is 0.714. The number of hydrogen-bond donors (Lipinski definition) is 2. The lowest BCUT2D eigenvalue weighted by molar-refractivity contribution is -0.127. The highest BCUT2D eigenvalue weighted by atomic mass is 127. The number of halogens is 1. The van der Waals surface area contributed by atoms with E-state index < -0.39 is 0 Å². The van der Waals surface area contributed by atoms with Crippen molar-refractivity contribution in [3.63, 3.8) is 0 Å². The zero-order chi connectivity index (χ0) is 19.6. The highest BCUT2D eigenvalue weighted by molar-refractivity contribution is 14.0. The van der Waals surface area contributed by atoms with E-state index in [1.807, 2.05) is 12.1 Å². The largest absolute Gasteiger partial charge is 0.469 e. The molecule has 3 fully saturated rings. The van der Waals surface area contributed by atoms with Gasteiger partial charge < -0.3 is 24.7 Å². The second-order valence-corrected chi connectivity index (χ2v) is 8.52. The number of guanidine groups is 1. The number of aliphatic imine (C=N–C) groups is 1. The summed E-state index contributed by atoms with van der Waals surface area (Å²) < 4.78 is 11.5. The summed E-state index contributed by atoms with van der Waals surface area (Å²) in [6.45, 7) is 1.72. The Morgan fingerprint density at radius 2 is 2.14 bits per heavy atom. The van der Waals surface area contributed by atoms with Gasteiger partial charge in [0.1, 0.15) is 12.3 Å². The number of carbonyl (C=O) groups excluding carboxylic acids is 1. The van der Waals surface area contributed by atoms with Crippen molar-refractivity contribution in [1.29, 1.82) is 0 Å². The van der Waals surface area contributed by atoms with Crippen molar-refractivity contribution in [1.82, 2.24) is 15.5 Å². The predicted octanol–water partition coefficient (Wildman–Crippen LogP) is 2.41. The van der Waals surface area contributed by atoms with Gasteiger partial charge in [-0.3, -0.25) is 4.79 Å². The van der Waals surface area contributed by atoms with Gasteiger partial charge in [0.15, 0.2) is 5.96 Å². The third kappa shape index (κ3) is 4.57. The molecule has 2 N–H and O–H groups in total. The lowest BCUT2D eigenvalue weighted by atomic mass is 9.54. The van der Waals surface area contributed by atoms with Gasteiger partial charge in [0.25, 0.3) is 0 Å². The first-order valence-electron chi connectivity index (χ1n) is 10.5. The van der Waals surface area contributed by atoms with Crippen LogP contribution in [0, 0.1) is 11.3 Å². The van der Waals surface area contributed by atoms with Gasteiger partial charge >= 0.3 is 0 Å². The topological polar surface area (TPSA) is 79.1 Å². The highest BCUT2D eigenvalue weighted by Crippen LogP contribution is 2.60. The molecular weight excluding hydrogens is 483 g/mol. The minimum Gasteiger partial charge on any atom is -0.469 e. The van der Waals surface area contributed by atoms with Gasteiger partial charge in [0.05, 0.1) is 12.4 Å². The standard InChI is InChI=1S/C21H32N4O3.HI/c1-25(2)17(26)14-23-20(22-11-7-15-6-5-12-27-15)24-18-16-8-13-28-19(16)21(18)9-3-4-10-21;/h5-6,12,16,18-19H,3-4,7-11,13-14H2,1-2H3,(H2,22,23,24);1H. The first-order valence-corrected chi connectivity index (χ1v) is 10.5. The summed E-state index contributed by atoms with van der Waals surface area (Å²) >= 11 is 0. The predicted molar refractivity (Wildman–Crippen MR) is 122 cm³/mol. The number of fused-ring (bicyclic) bond motifs is 2. The molecule has 8 heteroatoms. The molecule has 2 aliphatic carbocycles. The van der Waals surface area contributed by atoms with Crippen LogP contribution in [-0.2, 0) is 16.0 Å². The lowest BCUT2D eigenvalue weighted by Gasteiger charge is -2.57. The van der Waals surface area contributed by atoms with E-state index in [0.717, 1.165) is 31.2 Å². The number of furan rings is 1. The summed E-state index contributed by atoms with van der Waals surface area (Å²) in [5, 5.41) is 7.09. The SMILES string of the molecule is CN(C)C(=O)CN=C(NCCc1ccco1)NC1C2CCOC2C12CCCC2.I. The molecule has 3 atom stereocenters. The van der Waals surface area contributed by atoms with Gasteiger partial charge in [0, 0.05) is 51.0 Å². The Bertz CT molecular complexity index is 701. The summed E-state index contributed by atoms with van der Waals surface area (Å²) in [6.07, 6.45) is 8.99. The fourth-order valence-corrected chi connectivity index (χ4v) is 5.25. The van der Waals surface area contributed by atoms with Crippen LogP contribution < -0.4 is 10.6 Å². The van der Waals surface area contributed by atoms with Gasteiger partial charge in [-0.1, -0.05) is 12.8 Å². The van der Waals surface area contributed by atoms with E-state index >= 15 is 0 Å². The molecular formula is C21H33IN4O3. The van der Waals surface area contributed by atoms with Gasteiger partial charge in [-0.2, -0.15) is 0 Å². The summed E-state index contributed by atoms with van der Waals surface area (Å²) in [5.74, 6) is 2.22. The monoisotopic (exact) mass is 516 g/mol. The van der Waals surface area contributed by atoms with Gasteiger partial charge in [-0.05, 0) is 31.4 Å². The van der Waals surface area contributed by atoms with Gasteiger partial charge in [0.2, 0.25) is 5.91 Å². The quantitative estimate of drug-likeness (QED) is 0.345. The van der Waals surface area contributed by atoms with E-state index in [1.165, 1.54) is 25.7 Å². The van der Waals surface area contributed by atoms with Crippen LogP contribution in [0.4, 0.5) is 0 Å². The van der Waals surface area contributed by atoms with Crippen molar-refractivity contribution >= 4 is 35.8 Å². The Hall–Kier alpha value is -1.29. The Kier molecular flexibility index (Phi) is 7.47. The molecule has 0 radical (unpaired) electrons. The molecule has 7 nitrogen and oxygen atoms in total. The smallest absolute Gasteiger partial charge is 0.243 e. The first-order chi connectivity index (χ1) is 13.6. The normalized spacial score (nSPS) is 27.1. The Morgan fingerprint density at radius 1 is 1.34 bits per heavy atom. The average Bonchev–Trinajstić information content (AvgIpc) is 3.43. The Morgan fingerprint density at radius 3 is 2.83 bits per heavy atom. The molecule has 3 aliphatic rings. The van der Waals surface area contributed by atoms with Crippen molar-refractivity contribution in [2.24, 2.45) is 16.3 Å². The van der Waals surface area contributed by atoms with Crippen molar-refractivity contribution < 1.29 is 13.9 Å². The van der Waals surface area contributed by atoms with E-state index in [1.54, 1.807) is 25.3 Å². The number of rotatable bonds is 6. The number of hydrogen-bond acceptors (Lipinski definition) is 4. The van der Waals surface area contributed by atoms with Crippen molar-refractivity contribution in [2.45, 2.75) is 50.7 Å². The third-order valence-electron chi connectivity index (χ3n) is 6.69. The molecule has 4 rings (SSSR count). The van der Waals surface area contributed by atoms with E-state index in [2.05, 4.69) is 15.6 Å². The minimum absolute atomic E-state index is 0. The van der Waals surface area contributed by atoms with Crippen molar-refractivity contribution in [2.75, 3.05) is 33.8 Å². The van der Waals surface area contributed by atoms with E-state index in [4.69, 9.17) is 9.15 Å². The molecule has 0 bridgehead atoms. The summed E-state index contributed by atoms with van der Waals surface area (Å²) in [4.78, 5) is 18.2. The number of carbonyl (C=O) groups is 1. The molecule has 3 unspecified atom stereocenters. The van der Waals surface area contributed by atoms with Crippen LogP contribution in [0.1, 0.15) is 37.9 Å². The van der Waals surface area contributed by atoms with Crippen LogP contribution in [-0.4, -0.2) is 62.7 Å². The second-order valence-electron chi connectivity index (χ2n) is 8.52. The maximum Gasteiger partial charge on any atom is 0.243 e. The molecule has 0 aromatic carbocycles. The Balaban J connectivity index is 0.00000240. The maximum absolute atomic E-state index is 12.0. The second kappa shape index (κ2) is 9.68. The molecule has 2 saturated carbocycles. The van der Waals surface area contributed by atoms with Crippen molar-refractivity contribution in [3.05, 3.63) is 24.2 Å². The number of likely N-dealkylation sites (N-methyl/N-ethyl adjacent to an activating group) is 1. The maximum atomic E-state index is 12.0. The van der Waals surface area contributed by atoms with Crippen LogP contribution in [0.3, 0.4) is 0 Å². The summed E-state index contributed by atoms with van der Waals surface area (Å²) in [6, 6.07) is 4.25. The fourth-order valence-electron chi connectivity index (χ4n) is 5.25. The molecule has 162 valence electrons. The third-order valence-corrected chi connectivity index (χ3v) is 6.69. The van der Waals surface area contributed by atoms with Crippen molar-refractivity contribution in [3.8, 4) is 0 Å². The van der Waals surface area contributed by atoms with Crippen LogP contribution in [0.25, 0.3) is 0 Å². The van der Waals surface area contributed by atoms with Crippen LogP contribution in [0.2, 0.25) is 0 Å². The molecule has 1 aromatic rings. The number of amides is 1. The zero-order valence-corrected chi connectivity index (χ0v) is 19.7. The van der Waals surface area contributed by atoms with Gasteiger partial charge in [-0.15, -0.1) is 24.0 Å². The molecule has 1 amide bonds. The van der Waals surface area contributed by atoms with Gasteiger partial charge in [-0.25, -0.2) is 4.99 Å². The van der Waals surface area contributed by atoms with Crippen LogP contribution >= 0.6 is 24.0 Å². The molecule has 2 heterocycles. The summed E-state index contributed by atoms with van der Waals surface area (Å²) in [5.41, 5.74) is 0.246. The highest BCUT2D eigenvalue weighted by Gasteiger charge is 2.65. The van der Waals surface area contributed by atoms with E-state index in [0.29, 0.717) is 24.6 Å². The Labute approximate surface area is 190 Å². The zero-order valence-electron chi connectivity index (χ0n) is 17.4. The first kappa shape index (κ1) is 22.4. The number of nitrogens with one attached hydrogen (secondary N) is 2. The molecule has 29 heavy (non-hydrogen) atoms. The molecule has 1 aliphatic heterocycles. The molecule has 1 saturated heterocycles. The lowest BCUT2D eigenvalue weighted by Crippen LogP contribution is -2.69. The molecule has 1 aromatic heterocycles. The number of nitrogens with zero attached hydrogens (tertiary/aromatic N) is 2. The van der Waals surface area contributed by atoms with Crippen LogP contribution in [0.5, 0.6) is 0 Å². The molecule has 1 spiro atoms. The minimum atomic E-state index is -0.00148. The van der Waals surface area contributed by atoms with E-state index in [-0.39, 0.29) is 41.8 Å². The average molecular weight is 516 g/mol. The summed E-state index contributed by atoms with van der Waals surface area (Å²) in [7, 11) is 3.52. The van der Waals surface area contributed by atoms with E-state index in [9.17, 15) is 4.79 Å².